The van der Waals surface area contributed by atoms with Crippen molar-refractivity contribution in [3.8, 4) is 0 Å². The Labute approximate surface area is 102 Å². The van der Waals surface area contributed by atoms with E-state index in [0.29, 0.717) is 6.04 Å². The zero-order valence-corrected chi connectivity index (χ0v) is 10.7. The normalized spacial score (nSPS) is 11.1. The Morgan fingerprint density at radius 2 is 1.88 bits per heavy atom. The molecule has 4 heteroatoms. The number of nitro groups is 1. The first-order valence-corrected chi connectivity index (χ1v) is 5.94. The summed E-state index contributed by atoms with van der Waals surface area (Å²) in [5, 5.41) is 10.5. The molecule has 17 heavy (non-hydrogen) atoms. The molecule has 0 aromatic heterocycles. The highest BCUT2D eigenvalue weighted by Crippen LogP contribution is 2.13. The van der Waals surface area contributed by atoms with Gasteiger partial charge in [-0.05, 0) is 45.8 Å². The molecule has 0 aliphatic rings. The van der Waals surface area contributed by atoms with E-state index in [9.17, 15) is 10.1 Å². The predicted molar refractivity (Wildman–Crippen MR) is 69.2 cm³/mol. The summed E-state index contributed by atoms with van der Waals surface area (Å²) < 4.78 is 0. The van der Waals surface area contributed by atoms with Gasteiger partial charge in [0.1, 0.15) is 0 Å². The predicted octanol–water partition coefficient (Wildman–Crippen LogP) is 2.87. The Kier molecular flexibility index (Phi) is 5.10. The maximum atomic E-state index is 10.5. The van der Waals surface area contributed by atoms with Gasteiger partial charge in [-0.25, -0.2) is 0 Å². The van der Waals surface area contributed by atoms with E-state index in [4.69, 9.17) is 0 Å². The van der Waals surface area contributed by atoms with Gasteiger partial charge in [-0.1, -0.05) is 12.1 Å². The summed E-state index contributed by atoms with van der Waals surface area (Å²) in [5.41, 5.74) is 1.32. The molecule has 0 spiro atoms. The van der Waals surface area contributed by atoms with Crippen LogP contribution in [0, 0.1) is 10.1 Å². The first-order chi connectivity index (χ1) is 8.00. The average Bonchev–Trinajstić information content (AvgIpc) is 2.29. The van der Waals surface area contributed by atoms with Crippen LogP contribution in [0.15, 0.2) is 24.3 Å². The van der Waals surface area contributed by atoms with E-state index in [0.717, 1.165) is 24.9 Å². The largest absolute Gasteiger partial charge is 0.304 e. The fourth-order valence-electron chi connectivity index (χ4n) is 1.58. The third-order valence-electron chi connectivity index (χ3n) is 3.00. The van der Waals surface area contributed by atoms with E-state index in [-0.39, 0.29) is 10.6 Å². The molecular formula is C13H20N2O2. The molecule has 0 aliphatic carbocycles. The highest BCUT2D eigenvalue weighted by Gasteiger charge is 2.05. The molecule has 1 aromatic rings. The Morgan fingerprint density at radius 1 is 1.29 bits per heavy atom. The molecule has 0 N–H and O–H groups in total. The molecule has 0 fully saturated rings. The molecule has 0 saturated carbocycles. The van der Waals surface area contributed by atoms with Crippen LogP contribution in [0.4, 0.5) is 5.69 Å². The maximum absolute atomic E-state index is 10.5. The molecule has 1 aromatic carbocycles. The highest BCUT2D eigenvalue weighted by atomic mass is 16.6. The fourth-order valence-corrected chi connectivity index (χ4v) is 1.58. The number of nitro benzene ring substituents is 1. The summed E-state index contributed by atoms with van der Waals surface area (Å²) in [6.07, 6.45) is 2.04. The van der Waals surface area contributed by atoms with Gasteiger partial charge >= 0.3 is 0 Å². The van der Waals surface area contributed by atoms with Crippen molar-refractivity contribution in [3.05, 3.63) is 39.9 Å². The van der Waals surface area contributed by atoms with Crippen molar-refractivity contribution >= 4 is 5.69 Å². The van der Waals surface area contributed by atoms with Crippen LogP contribution in [0.5, 0.6) is 0 Å². The van der Waals surface area contributed by atoms with Crippen LogP contribution < -0.4 is 0 Å². The quantitative estimate of drug-likeness (QED) is 0.563. The first-order valence-electron chi connectivity index (χ1n) is 5.94. The van der Waals surface area contributed by atoms with Crippen molar-refractivity contribution in [1.29, 1.82) is 0 Å². The van der Waals surface area contributed by atoms with Crippen LogP contribution in [0.2, 0.25) is 0 Å². The molecule has 0 radical (unpaired) electrons. The zero-order valence-electron chi connectivity index (χ0n) is 10.7. The molecule has 0 heterocycles. The van der Waals surface area contributed by atoms with Crippen molar-refractivity contribution in [3.63, 3.8) is 0 Å². The second-order valence-electron chi connectivity index (χ2n) is 4.60. The van der Waals surface area contributed by atoms with E-state index < -0.39 is 0 Å². The number of benzene rings is 1. The van der Waals surface area contributed by atoms with Crippen molar-refractivity contribution in [2.45, 2.75) is 32.7 Å². The lowest BCUT2D eigenvalue weighted by Gasteiger charge is -2.20. The monoisotopic (exact) mass is 236 g/mol. The second kappa shape index (κ2) is 6.35. The van der Waals surface area contributed by atoms with Crippen molar-refractivity contribution in [2.24, 2.45) is 0 Å². The van der Waals surface area contributed by atoms with Gasteiger partial charge < -0.3 is 4.90 Å². The lowest BCUT2D eigenvalue weighted by Crippen LogP contribution is -2.27. The minimum Gasteiger partial charge on any atom is -0.304 e. The van der Waals surface area contributed by atoms with Crippen LogP contribution in [-0.2, 0) is 6.42 Å². The van der Waals surface area contributed by atoms with Crippen LogP contribution in [-0.4, -0.2) is 29.5 Å². The number of nitrogens with zero attached hydrogens (tertiary/aromatic N) is 2. The second-order valence-corrected chi connectivity index (χ2v) is 4.60. The Balaban J connectivity index is 2.40. The van der Waals surface area contributed by atoms with Gasteiger partial charge in [-0.2, -0.15) is 0 Å². The van der Waals surface area contributed by atoms with Crippen LogP contribution in [0.1, 0.15) is 25.8 Å². The van der Waals surface area contributed by atoms with Gasteiger partial charge in [0.25, 0.3) is 5.69 Å². The first kappa shape index (κ1) is 13.6. The Hall–Kier alpha value is -1.42. The smallest absolute Gasteiger partial charge is 0.269 e. The van der Waals surface area contributed by atoms with Crippen LogP contribution >= 0.6 is 0 Å². The van der Waals surface area contributed by atoms with Crippen LogP contribution in [0.25, 0.3) is 0 Å². The van der Waals surface area contributed by atoms with E-state index in [2.05, 4.69) is 25.8 Å². The Morgan fingerprint density at radius 3 is 2.35 bits per heavy atom. The van der Waals surface area contributed by atoms with E-state index in [1.165, 1.54) is 0 Å². The SMILES string of the molecule is CC(C)N(C)CCCc1ccc([N+](=O)[O-])cc1. The summed E-state index contributed by atoms with van der Waals surface area (Å²) in [6, 6.07) is 7.39. The highest BCUT2D eigenvalue weighted by molar-refractivity contribution is 5.32. The molecule has 0 amide bonds. The molecule has 4 nitrogen and oxygen atoms in total. The Bertz CT molecular complexity index is 360. The zero-order chi connectivity index (χ0) is 12.8. The lowest BCUT2D eigenvalue weighted by molar-refractivity contribution is -0.384. The average molecular weight is 236 g/mol. The minimum atomic E-state index is -0.365. The van der Waals surface area contributed by atoms with Crippen LogP contribution in [0.3, 0.4) is 0 Å². The number of aryl methyl sites for hydroxylation is 1. The number of rotatable bonds is 6. The number of non-ortho nitro benzene ring substituents is 1. The van der Waals surface area contributed by atoms with E-state index in [1.54, 1.807) is 12.1 Å². The molecule has 1 rings (SSSR count). The minimum absolute atomic E-state index is 0.160. The molecule has 0 atom stereocenters. The summed E-state index contributed by atoms with van der Waals surface area (Å²) in [5.74, 6) is 0. The third kappa shape index (κ3) is 4.53. The summed E-state index contributed by atoms with van der Waals surface area (Å²) >= 11 is 0. The summed E-state index contributed by atoms with van der Waals surface area (Å²) in [4.78, 5) is 12.4. The van der Waals surface area contributed by atoms with Gasteiger partial charge in [0.15, 0.2) is 0 Å². The molecule has 0 bridgehead atoms. The number of hydrogen-bond acceptors (Lipinski definition) is 3. The maximum Gasteiger partial charge on any atom is 0.269 e. The molecule has 94 valence electrons. The standard InChI is InChI=1S/C13H20N2O2/c1-11(2)14(3)10-4-5-12-6-8-13(9-7-12)15(16)17/h6-9,11H,4-5,10H2,1-3H3. The van der Waals surface area contributed by atoms with Crippen molar-refractivity contribution in [1.82, 2.24) is 4.90 Å². The molecule has 0 saturated heterocycles. The number of hydrogen-bond donors (Lipinski definition) is 0. The van der Waals surface area contributed by atoms with Gasteiger partial charge in [-0.15, -0.1) is 0 Å². The topological polar surface area (TPSA) is 46.4 Å². The van der Waals surface area contributed by atoms with E-state index >= 15 is 0 Å². The van der Waals surface area contributed by atoms with Crippen molar-refractivity contribution in [2.75, 3.05) is 13.6 Å². The molecule has 0 unspecified atom stereocenters. The van der Waals surface area contributed by atoms with Crippen molar-refractivity contribution < 1.29 is 4.92 Å². The third-order valence-corrected chi connectivity index (χ3v) is 3.00. The summed E-state index contributed by atoms with van der Waals surface area (Å²) in [7, 11) is 2.11. The lowest BCUT2D eigenvalue weighted by atomic mass is 10.1. The van der Waals surface area contributed by atoms with Gasteiger partial charge in [0, 0.05) is 18.2 Å². The molecule has 0 aliphatic heterocycles. The van der Waals surface area contributed by atoms with E-state index in [1.807, 2.05) is 12.1 Å². The fraction of sp³-hybridized carbons (Fsp3) is 0.538. The van der Waals surface area contributed by atoms with Gasteiger partial charge in [-0.3, -0.25) is 10.1 Å². The summed E-state index contributed by atoms with van der Waals surface area (Å²) in [6.45, 7) is 5.40. The molecular weight excluding hydrogens is 216 g/mol. The van der Waals surface area contributed by atoms with Gasteiger partial charge in [0.05, 0.1) is 4.92 Å². The van der Waals surface area contributed by atoms with Gasteiger partial charge in [0.2, 0.25) is 0 Å².